The number of nitrogens with zero attached hydrogens (tertiary/aromatic N) is 3. The molecule has 21 heavy (non-hydrogen) atoms. The summed E-state index contributed by atoms with van der Waals surface area (Å²) in [7, 11) is 0. The van der Waals surface area contributed by atoms with Gasteiger partial charge in [-0.15, -0.1) is 0 Å². The van der Waals surface area contributed by atoms with Crippen LogP contribution in [0.5, 0.6) is 0 Å². The first-order valence-electron chi connectivity index (χ1n) is 7.76. The molecule has 1 aliphatic heterocycles. The number of aromatic nitrogens is 1. The van der Waals surface area contributed by atoms with E-state index in [1.54, 1.807) is 0 Å². The molecule has 1 aromatic rings. The lowest BCUT2D eigenvalue weighted by atomic mass is 10.1. The maximum absolute atomic E-state index is 5.90. The summed E-state index contributed by atoms with van der Waals surface area (Å²) in [5, 5.41) is 0. The smallest absolute Gasteiger partial charge is 0.0902 e. The Labute approximate surface area is 133 Å². The van der Waals surface area contributed by atoms with Crippen molar-refractivity contribution in [1.82, 2.24) is 14.8 Å². The van der Waals surface area contributed by atoms with Gasteiger partial charge in [-0.3, -0.25) is 14.8 Å². The van der Waals surface area contributed by atoms with Gasteiger partial charge in [-0.25, -0.2) is 0 Å². The standard InChI is InChI=1S/C16H26N4S/c1-3-4-15(16(17)21)20-7-5-19(6-8-20)12-14-9-13(2)10-18-11-14/h9-11,15H,3-8,12H2,1-2H3,(H2,17,21). The molecule has 2 heterocycles. The highest BCUT2D eigenvalue weighted by molar-refractivity contribution is 7.80. The molecule has 0 saturated carbocycles. The largest absolute Gasteiger partial charge is 0.392 e. The normalized spacial score (nSPS) is 18.6. The molecule has 1 saturated heterocycles. The molecule has 0 bridgehead atoms. The molecule has 1 aromatic heterocycles. The minimum absolute atomic E-state index is 0.271. The van der Waals surface area contributed by atoms with Crippen LogP contribution in [-0.4, -0.2) is 52.0 Å². The molecule has 4 nitrogen and oxygen atoms in total. The van der Waals surface area contributed by atoms with Crippen molar-refractivity contribution in [2.45, 2.75) is 39.3 Å². The summed E-state index contributed by atoms with van der Waals surface area (Å²) < 4.78 is 0. The van der Waals surface area contributed by atoms with Crippen molar-refractivity contribution in [3.63, 3.8) is 0 Å². The quantitative estimate of drug-likeness (QED) is 0.814. The summed E-state index contributed by atoms with van der Waals surface area (Å²) in [6, 6.07) is 2.49. The molecule has 1 unspecified atom stereocenters. The second-order valence-electron chi connectivity index (χ2n) is 5.89. The Morgan fingerprint density at radius 1 is 1.33 bits per heavy atom. The molecule has 0 radical (unpaired) electrons. The van der Waals surface area contributed by atoms with Crippen LogP contribution in [0.2, 0.25) is 0 Å². The molecule has 2 rings (SSSR count). The van der Waals surface area contributed by atoms with Gasteiger partial charge in [-0.2, -0.15) is 0 Å². The Morgan fingerprint density at radius 3 is 2.62 bits per heavy atom. The number of pyridine rings is 1. The molecular formula is C16H26N4S. The SMILES string of the molecule is CCCC(C(N)=S)N1CCN(Cc2cncc(C)c2)CC1. The Kier molecular flexibility index (Phi) is 6.08. The third kappa shape index (κ3) is 4.73. The van der Waals surface area contributed by atoms with Crippen LogP contribution in [0.4, 0.5) is 0 Å². The van der Waals surface area contributed by atoms with E-state index in [1.165, 1.54) is 11.1 Å². The van der Waals surface area contributed by atoms with Crippen LogP contribution in [0.3, 0.4) is 0 Å². The van der Waals surface area contributed by atoms with Gasteiger partial charge in [0.15, 0.2) is 0 Å². The fraction of sp³-hybridized carbons (Fsp3) is 0.625. The highest BCUT2D eigenvalue weighted by atomic mass is 32.1. The zero-order valence-electron chi connectivity index (χ0n) is 13.1. The average molecular weight is 306 g/mol. The van der Waals surface area contributed by atoms with Gasteiger partial charge >= 0.3 is 0 Å². The monoisotopic (exact) mass is 306 g/mol. The third-order valence-corrected chi connectivity index (χ3v) is 4.35. The van der Waals surface area contributed by atoms with Crippen molar-refractivity contribution in [3.8, 4) is 0 Å². The Morgan fingerprint density at radius 2 is 2.05 bits per heavy atom. The van der Waals surface area contributed by atoms with E-state index < -0.39 is 0 Å². The van der Waals surface area contributed by atoms with Crippen LogP contribution in [-0.2, 0) is 6.54 Å². The lowest BCUT2D eigenvalue weighted by Gasteiger charge is -2.39. The number of piperazine rings is 1. The van der Waals surface area contributed by atoms with Crippen LogP contribution < -0.4 is 5.73 Å². The first-order valence-corrected chi connectivity index (χ1v) is 8.17. The number of hydrogen-bond acceptors (Lipinski definition) is 4. The van der Waals surface area contributed by atoms with Gasteiger partial charge in [0.25, 0.3) is 0 Å². The van der Waals surface area contributed by atoms with Gasteiger partial charge in [0.05, 0.1) is 11.0 Å². The van der Waals surface area contributed by atoms with Gasteiger partial charge in [0.2, 0.25) is 0 Å². The molecule has 0 amide bonds. The highest BCUT2D eigenvalue weighted by Gasteiger charge is 2.24. The number of thiocarbonyl (C=S) groups is 1. The number of rotatable bonds is 6. The molecule has 116 valence electrons. The number of nitrogens with two attached hydrogens (primary N) is 1. The molecule has 1 aliphatic rings. The molecule has 1 atom stereocenters. The lowest BCUT2D eigenvalue weighted by Crippen LogP contribution is -2.53. The van der Waals surface area contributed by atoms with Gasteiger partial charge in [0.1, 0.15) is 0 Å². The first-order chi connectivity index (χ1) is 10.1. The number of hydrogen-bond donors (Lipinski definition) is 1. The maximum atomic E-state index is 5.90. The van der Waals surface area contributed by atoms with Gasteiger partial charge in [0, 0.05) is 45.1 Å². The van der Waals surface area contributed by atoms with E-state index in [2.05, 4.69) is 34.7 Å². The zero-order chi connectivity index (χ0) is 15.2. The van der Waals surface area contributed by atoms with Gasteiger partial charge < -0.3 is 5.73 Å². The summed E-state index contributed by atoms with van der Waals surface area (Å²) >= 11 is 5.23. The topological polar surface area (TPSA) is 45.4 Å². The van der Waals surface area contributed by atoms with Crippen molar-refractivity contribution in [3.05, 3.63) is 29.6 Å². The predicted molar refractivity (Wildman–Crippen MR) is 91.3 cm³/mol. The molecule has 2 N–H and O–H groups in total. The third-order valence-electron chi connectivity index (χ3n) is 4.08. The van der Waals surface area contributed by atoms with Crippen molar-refractivity contribution >= 4 is 17.2 Å². The molecular weight excluding hydrogens is 280 g/mol. The summed E-state index contributed by atoms with van der Waals surface area (Å²) in [5.74, 6) is 0. The average Bonchev–Trinajstić information content (AvgIpc) is 2.45. The molecule has 5 heteroatoms. The lowest BCUT2D eigenvalue weighted by molar-refractivity contribution is 0.110. The molecule has 0 aromatic carbocycles. The predicted octanol–water partition coefficient (Wildman–Crippen LogP) is 1.96. The number of aryl methyl sites for hydroxylation is 1. The van der Waals surface area contributed by atoms with Gasteiger partial charge in [-0.05, 0) is 24.5 Å². The summed E-state index contributed by atoms with van der Waals surface area (Å²) in [4.78, 5) is 9.84. The van der Waals surface area contributed by atoms with Crippen molar-refractivity contribution in [2.75, 3.05) is 26.2 Å². The Bertz CT molecular complexity index is 469. The van der Waals surface area contributed by atoms with Crippen molar-refractivity contribution in [2.24, 2.45) is 5.73 Å². The van der Waals surface area contributed by atoms with E-state index in [4.69, 9.17) is 18.0 Å². The van der Waals surface area contributed by atoms with Crippen LogP contribution in [0.15, 0.2) is 18.5 Å². The Hall–Kier alpha value is -1.04. The van der Waals surface area contributed by atoms with E-state index in [0.29, 0.717) is 4.99 Å². The van der Waals surface area contributed by atoms with E-state index in [9.17, 15) is 0 Å². The fourth-order valence-electron chi connectivity index (χ4n) is 2.97. The van der Waals surface area contributed by atoms with E-state index in [1.807, 2.05) is 12.4 Å². The fourth-order valence-corrected chi connectivity index (χ4v) is 3.24. The van der Waals surface area contributed by atoms with E-state index in [-0.39, 0.29) is 6.04 Å². The minimum atomic E-state index is 0.271. The zero-order valence-corrected chi connectivity index (χ0v) is 13.9. The van der Waals surface area contributed by atoms with Crippen molar-refractivity contribution < 1.29 is 0 Å². The van der Waals surface area contributed by atoms with Crippen molar-refractivity contribution in [1.29, 1.82) is 0 Å². The second kappa shape index (κ2) is 7.82. The van der Waals surface area contributed by atoms with Crippen LogP contribution >= 0.6 is 12.2 Å². The minimum Gasteiger partial charge on any atom is -0.392 e. The van der Waals surface area contributed by atoms with E-state index >= 15 is 0 Å². The van der Waals surface area contributed by atoms with Gasteiger partial charge in [-0.1, -0.05) is 31.6 Å². The summed E-state index contributed by atoms with van der Waals surface area (Å²) in [5.41, 5.74) is 8.42. The molecule has 0 spiro atoms. The maximum Gasteiger partial charge on any atom is 0.0902 e. The molecule has 0 aliphatic carbocycles. The summed E-state index contributed by atoms with van der Waals surface area (Å²) in [6.45, 7) is 9.47. The van der Waals surface area contributed by atoms with Crippen LogP contribution in [0, 0.1) is 6.92 Å². The summed E-state index contributed by atoms with van der Waals surface area (Å²) in [6.07, 6.45) is 6.06. The van der Waals surface area contributed by atoms with Crippen LogP contribution in [0.25, 0.3) is 0 Å². The molecule has 1 fully saturated rings. The first kappa shape index (κ1) is 16.3. The highest BCUT2D eigenvalue weighted by Crippen LogP contribution is 2.14. The van der Waals surface area contributed by atoms with Crippen LogP contribution in [0.1, 0.15) is 30.9 Å². The second-order valence-corrected chi connectivity index (χ2v) is 6.36. The Balaban J connectivity index is 1.86. The van der Waals surface area contributed by atoms with E-state index in [0.717, 1.165) is 45.6 Å².